The maximum absolute atomic E-state index is 13.1. The van der Waals surface area contributed by atoms with Crippen molar-refractivity contribution in [3.63, 3.8) is 0 Å². The van der Waals surface area contributed by atoms with Crippen LogP contribution in [0.2, 0.25) is 0 Å². The van der Waals surface area contributed by atoms with E-state index in [1.165, 1.54) is 23.7 Å². The third-order valence-corrected chi connectivity index (χ3v) is 3.47. The maximum Gasteiger partial charge on any atom is 0.298 e. The van der Waals surface area contributed by atoms with Crippen LogP contribution in [0.15, 0.2) is 22.7 Å². The smallest absolute Gasteiger partial charge is 0.298 e. The van der Waals surface area contributed by atoms with Gasteiger partial charge in [-0.3, -0.25) is 0 Å². The summed E-state index contributed by atoms with van der Waals surface area (Å²) in [5, 5.41) is 0.462. The molecule has 3 rings (SSSR count). The molecule has 0 spiro atoms. The predicted octanol–water partition coefficient (Wildman–Crippen LogP) is 4.11. The van der Waals surface area contributed by atoms with Crippen LogP contribution in [0.5, 0.6) is 10.9 Å². The lowest BCUT2D eigenvalue weighted by Crippen LogP contribution is -1.86. The van der Waals surface area contributed by atoms with Crippen molar-refractivity contribution >= 4 is 27.5 Å². The van der Waals surface area contributed by atoms with Gasteiger partial charge in [-0.05, 0) is 25.0 Å². The second-order valence-electron chi connectivity index (χ2n) is 3.90. The van der Waals surface area contributed by atoms with Crippen LogP contribution in [-0.2, 0) is 0 Å². The molecule has 6 heteroatoms. The first-order valence-corrected chi connectivity index (χ1v) is 6.75. The molecule has 0 atom stereocenters. The number of rotatable bonds is 3. The summed E-state index contributed by atoms with van der Waals surface area (Å²) in [7, 11) is 0. The van der Waals surface area contributed by atoms with Crippen LogP contribution in [0.1, 0.15) is 24.6 Å². The first-order valence-electron chi connectivity index (χ1n) is 5.18. The van der Waals surface area contributed by atoms with Crippen molar-refractivity contribution in [3.05, 3.63) is 34.3 Å². The summed E-state index contributed by atoms with van der Waals surface area (Å²) in [4.78, 5) is 4.27. The van der Waals surface area contributed by atoms with E-state index in [-0.39, 0.29) is 5.82 Å². The van der Waals surface area contributed by atoms with Gasteiger partial charge in [0.1, 0.15) is 17.4 Å². The van der Waals surface area contributed by atoms with Crippen molar-refractivity contribution in [1.82, 2.24) is 9.36 Å². The van der Waals surface area contributed by atoms with Gasteiger partial charge in [-0.2, -0.15) is 9.36 Å². The van der Waals surface area contributed by atoms with E-state index in [1.54, 1.807) is 6.07 Å². The topological polar surface area (TPSA) is 35.0 Å². The number of aromatic nitrogens is 2. The lowest BCUT2D eigenvalue weighted by atomic mass is 10.3. The molecule has 0 unspecified atom stereocenters. The van der Waals surface area contributed by atoms with Gasteiger partial charge in [0.15, 0.2) is 0 Å². The molecule has 1 aliphatic carbocycles. The third kappa shape index (κ3) is 2.63. The van der Waals surface area contributed by atoms with Gasteiger partial charge in [-0.15, -0.1) is 0 Å². The minimum atomic E-state index is -0.346. The molecule has 1 saturated carbocycles. The second kappa shape index (κ2) is 4.34. The zero-order valence-corrected chi connectivity index (χ0v) is 11.1. The molecular formula is C11H8BrFN2OS. The van der Waals surface area contributed by atoms with Crippen molar-refractivity contribution in [2.45, 2.75) is 18.8 Å². The standard InChI is InChI=1S/C11H8BrFN2OS/c12-7-3-8(13)5-9(4-7)16-11-14-10(15-17-11)6-1-2-6/h3-6H,1-2H2. The fraction of sp³-hybridized carbons (Fsp3) is 0.273. The molecule has 1 aromatic carbocycles. The number of hydrogen-bond donors (Lipinski definition) is 0. The predicted molar refractivity (Wildman–Crippen MR) is 66.1 cm³/mol. The number of nitrogens with zero attached hydrogens (tertiary/aromatic N) is 2. The molecule has 0 bridgehead atoms. The fourth-order valence-electron chi connectivity index (χ4n) is 1.46. The Balaban J connectivity index is 1.80. The van der Waals surface area contributed by atoms with E-state index in [4.69, 9.17) is 4.74 Å². The van der Waals surface area contributed by atoms with Crippen molar-refractivity contribution in [2.75, 3.05) is 0 Å². The average molecular weight is 315 g/mol. The molecule has 88 valence electrons. The van der Waals surface area contributed by atoms with Crippen molar-refractivity contribution in [1.29, 1.82) is 0 Å². The molecule has 1 heterocycles. The van der Waals surface area contributed by atoms with Gasteiger partial charge in [-0.1, -0.05) is 15.9 Å². The van der Waals surface area contributed by atoms with E-state index in [0.717, 1.165) is 18.7 Å². The Hall–Kier alpha value is -1.01. The van der Waals surface area contributed by atoms with Crippen LogP contribution < -0.4 is 4.74 Å². The molecule has 17 heavy (non-hydrogen) atoms. The molecule has 1 fully saturated rings. The van der Waals surface area contributed by atoms with E-state index < -0.39 is 0 Å². The van der Waals surface area contributed by atoms with Gasteiger partial charge in [-0.25, -0.2) is 4.39 Å². The minimum Gasteiger partial charge on any atom is -0.430 e. The summed E-state index contributed by atoms with van der Waals surface area (Å²) in [6, 6.07) is 4.40. The molecule has 3 nitrogen and oxygen atoms in total. The molecule has 0 saturated heterocycles. The number of benzene rings is 1. The lowest BCUT2D eigenvalue weighted by molar-refractivity contribution is 0.471. The molecule has 0 amide bonds. The van der Waals surface area contributed by atoms with Gasteiger partial charge in [0, 0.05) is 28.0 Å². The molecule has 1 aliphatic rings. The monoisotopic (exact) mass is 314 g/mol. The van der Waals surface area contributed by atoms with Crippen LogP contribution in [0, 0.1) is 5.82 Å². The summed E-state index contributed by atoms with van der Waals surface area (Å²) in [6.07, 6.45) is 2.31. The number of ether oxygens (including phenoxy) is 1. The van der Waals surface area contributed by atoms with Crippen LogP contribution in [-0.4, -0.2) is 9.36 Å². The van der Waals surface area contributed by atoms with Crippen LogP contribution >= 0.6 is 27.5 Å². The van der Waals surface area contributed by atoms with Crippen LogP contribution in [0.4, 0.5) is 4.39 Å². The molecule has 2 aromatic rings. The summed E-state index contributed by atoms with van der Waals surface area (Å²) in [5.41, 5.74) is 0. The normalized spacial score (nSPS) is 14.9. The Labute approximate surface area is 110 Å². The van der Waals surface area contributed by atoms with Gasteiger partial charge >= 0.3 is 0 Å². The van der Waals surface area contributed by atoms with E-state index >= 15 is 0 Å². The molecular weight excluding hydrogens is 307 g/mol. The summed E-state index contributed by atoms with van der Waals surface area (Å²) < 4.78 is 23.5. The quantitative estimate of drug-likeness (QED) is 0.855. The molecule has 1 aromatic heterocycles. The number of halogens is 2. The number of hydrogen-bond acceptors (Lipinski definition) is 4. The summed E-state index contributed by atoms with van der Waals surface area (Å²) in [5.74, 6) is 1.43. The van der Waals surface area contributed by atoms with E-state index in [9.17, 15) is 4.39 Å². The Bertz CT molecular complexity index is 536. The van der Waals surface area contributed by atoms with Crippen molar-refractivity contribution in [2.24, 2.45) is 0 Å². The highest BCUT2D eigenvalue weighted by atomic mass is 79.9. The SMILES string of the molecule is Fc1cc(Br)cc(Oc2nc(C3CC3)ns2)c1. The Morgan fingerprint density at radius 1 is 1.35 bits per heavy atom. The van der Waals surface area contributed by atoms with Gasteiger partial charge in [0.25, 0.3) is 5.19 Å². The zero-order chi connectivity index (χ0) is 11.8. The first kappa shape index (κ1) is 11.1. The fourth-order valence-corrected chi connectivity index (χ4v) is 2.53. The summed E-state index contributed by atoms with van der Waals surface area (Å²) >= 11 is 4.42. The first-order chi connectivity index (χ1) is 8.20. The largest absolute Gasteiger partial charge is 0.430 e. The Morgan fingerprint density at radius 3 is 2.88 bits per heavy atom. The van der Waals surface area contributed by atoms with Gasteiger partial charge < -0.3 is 4.74 Å². The average Bonchev–Trinajstić information content (AvgIpc) is 2.99. The highest BCUT2D eigenvalue weighted by Gasteiger charge is 2.28. The highest BCUT2D eigenvalue weighted by Crippen LogP contribution is 2.40. The zero-order valence-electron chi connectivity index (χ0n) is 8.69. The second-order valence-corrected chi connectivity index (χ2v) is 5.53. The maximum atomic E-state index is 13.1. The molecule has 0 N–H and O–H groups in total. The summed E-state index contributed by atoms with van der Waals surface area (Å²) in [6.45, 7) is 0. The van der Waals surface area contributed by atoms with Gasteiger partial charge in [0.05, 0.1) is 0 Å². The Kier molecular flexibility index (Phi) is 2.84. The van der Waals surface area contributed by atoms with E-state index in [1.807, 2.05) is 0 Å². The Morgan fingerprint density at radius 2 is 2.18 bits per heavy atom. The lowest BCUT2D eigenvalue weighted by Gasteiger charge is -2.01. The third-order valence-electron chi connectivity index (χ3n) is 2.41. The van der Waals surface area contributed by atoms with Crippen molar-refractivity contribution in [3.8, 4) is 10.9 Å². The highest BCUT2D eigenvalue weighted by molar-refractivity contribution is 9.10. The van der Waals surface area contributed by atoms with Crippen LogP contribution in [0.3, 0.4) is 0 Å². The van der Waals surface area contributed by atoms with Crippen molar-refractivity contribution < 1.29 is 9.13 Å². The van der Waals surface area contributed by atoms with E-state index in [0.29, 0.717) is 21.3 Å². The molecule has 0 aliphatic heterocycles. The molecule has 0 radical (unpaired) electrons. The minimum absolute atomic E-state index is 0.346. The van der Waals surface area contributed by atoms with Gasteiger partial charge in [0.2, 0.25) is 0 Å². The van der Waals surface area contributed by atoms with E-state index in [2.05, 4.69) is 25.3 Å². The van der Waals surface area contributed by atoms with Crippen LogP contribution in [0.25, 0.3) is 0 Å².